The second-order valence-corrected chi connectivity index (χ2v) is 6.58. The van der Waals surface area contributed by atoms with E-state index in [2.05, 4.69) is 13.0 Å². The lowest BCUT2D eigenvalue weighted by Crippen LogP contribution is -2.31. The molecule has 0 N–H and O–H groups in total. The van der Waals surface area contributed by atoms with Crippen LogP contribution in [0, 0.1) is 0 Å². The van der Waals surface area contributed by atoms with Crippen LogP contribution in [0.2, 0.25) is 0 Å². The first kappa shape index (κ1) is 17.7. The molecule has 0 aliphatic heterocycles. The van der Waals surface area contributed by atoms with Crippen LogP contribution in [-0.2, 0) is 28.9 Å². The summed E-state index contributed by atoms with van der Waals surface area (Å²) in [6.07, 6.45) is 4.19. The van der Waals surface area contributed by atoms with Gasteiger partial charge in [-0.05, 0) is 68.0 Å². The topological polar surface area (TPSA) is 59.8 Å². The highest BCUT2D eigenvalue weighted by molar-refractivity contribution is 5.82. The minimum Gasteiger partial charge on any atom is -0.465 e. The highest BCUT2D eigenvalue weighted by atomic mass is 16.5. The second kappa shape index (κ2) is 7.83. The molecule has 1 aromatic carbocycles. The van der Waals surface area contributed by atoms with Gasteiger partial charge in [-0.1, -0.05) is 6.92 Å². The van der Waals surface area contributed by atoms with E-state index >= 15 is 0 Å². The largest absolute Gasteiger partial charge is 0.465 e. The molecule has 25 heavy (non-hydrogen) atoms. The predicted octanol–water partition coefficient (Wildman–Crippen LogP) is 3.06. The minimum absolute atomic E-state index is 0.230. The molecule has 0 saturated heterocycles. The van der Waals surface area contributed by atoms with Gasteiger partial charge in [0.25, 0.3) is 0 Å². The number of carbonyl (C=O) groups excluding carboxylic acids is 1. The summed E-state index contributed by atoms with van der Waals surface area (Å²) >= 11 is 0. The third-order valence-electron chi connectivity index (χ3n) is 4.63. The molecule has 3 rings (SSSR count). The summed E-state index contributed by atoms with van der Waals surface area (Å²) in [5.74, 6) is -0.232. The Kier molecular flexibility index (Phi) is 5.53. The number of carbonyl (C=O) groups is 1. The molecule has 5 heteroatoms. The molecular weight excluding hydrogens is 318 g/mol. The van der Waals surface area contributed by atoms with E-state index in [9.17, 15) is 9.59 Å². The number of hydrogen-bond acceptors (Lipinski definition) is 5. The van der Waals surface area contributed by atoms with Crippen molar-refractivity contribution in [1.29, 1.82) is 0 Å². The normalized spacial score (nSPS) is 13.4. The van der Waals surface area contributed by atoms with Crippen molar-refractivity contribution in [2.75, 3.05) is 19.7 Å². The Balaban J connectivity index is 1.93. The van der Waals surface area contributed by atoms with Gasteiger partial charge in [-0.3, -0.25) is 9.69 Å². The van der Waals surface area contributed by atoms with Crippen LogP contribution in [0.4, 0.5) is 0 Å². The van der Waals surface area contributed by atoms with Gasteiger partial charge in [0, 0.05) is 18.0 Å². The number of hydrogen-bond donors (Lipinski definition) is 0. The molecule has 0 saturated carbocycles. The Hall–Kier alpha value is -2.14. The molecule has 0 spiro atoms. The Labute approximate surface area is 147 Å². The maximum Gasteiger partial charge on any atom is 0.336 e. The van der Waals surface area contributed by atoms with Crippen LogP contribution in [0.15, 0.2) is 27.4 Å². The van der Waals surface area contributed by atoms with Crippen LogP contribution in [0.3, 0.4) is 0 Å². The van der Waals surface area contributed by atoms with E-state index in [1.54, 1.807) is 13.0 Å². The van der Waals surface area contributed by atoms with Crippen molar-refractivity contribution in [3.8, 4) is 0 Å². The fourth-order valence-corrected chi connectivity index (χ4v) is 3.59. The molecule has 0 radical (unpaired) electrons. The van der Waals surface area contributed by atoms with Crippen molar-refractivity contribution >= 4 is 16.9 Å². The zero-order valence-corrected chi connectivity index (χ0v) is 15.0. The highest BCUT2D eigenvalue weighted by Gasteiger charge is 2.17. The van der Waals surface area contributed by atoms with E-state index in [0.717, 1.165) is 43.2 Å². The van der Waals surface area contributed by atoms with Crippen molar-refractivity contribution in [3.05, 3.63) is 45.3 Å². The summed E-state index contributed by atoms with van der Waals surface area (Å²) in [4.78, 5) is 25.9. The van der Waals surface area contributed by atoms with Crippen LogP contribution in [0.5, 0.6) is 0 Å². The first-order valence-electron chi connectivity index (χ1n) is 9.07. The van der Waals surface area contributed by atoms with Gasteiger partial charge in [-0.25, -0.2) is 4.79 Å². The van der Waals surface area contributed by atoms with E-state index in [4.69, 9.17) is 9.15 Å². The fraction of sp³-hybridized carbons (Fsp3) is 0.500. The monoisotopic (exact) mass is 343 g/mol. The standard InChI is InChI=1S/C20H25NO4/c1-3-8-21(13-20(23)24-4-2)12-16-11-19(22)25-18-10-15-7-5-6-14(15)9-17(16)18/h9-11H,3-8,12-13H2,1-2H3. The summed E-state index contributed by atoms with van der Waals surface area (Å²) in [5, 5.41) is 0.977. The summed E-state index contributed by atoms with van der Waals surface area (Å²) in [6.45, 7) is 5.79. The van der Waals surface area contributed by atoms with Gasteiger partial charge in [-0.15, -0.1) is 0 Å². The molecule has 1 aromatic heterocycles. The number of fused-ring (bicyclic) bond motifs is 2. The van der Waals surface area contributed by atoms with Gasteiger partial charge in [0.1, 0.15) is 5.58 Å². The smallest absolute Gasteiger partial charge is 0.336 e. The zero-order chi connectivity index (χ0) is 17.8. The Morgan fingerprint density at radius 3 is 2.68 bits per heavy atom. The molecule has 0 unspecified atom stereocenters. The number of ether oxygens (including phenoxy) is 1. The second-order valence-electron chi connectivity index (χ2n) is 6.58. The number of aryl methyl sites for hydroxylation is 2. The van der Waals surface area contributed by atoms with Crippen LogP contribution < -0.4 is 5.63 Å². The van der Waals surface area contributed by atoms with Gasteiger partial charge in [0.2, 0.25) is 0 Å². The van der Waals surface area contributed by atoms with Gasteiger partial charge >= 0.3 is 11.6 Å². The Morgan fingerprint density at radius 2 is 1.96 bits per heavy atom. The summed E-state index contributed by atoms with van der Waals surface area (Å²) < 4.78 is 10.5. The SMILES string of the molecule is CCCN(CC(=O)OCC)Cc1cc(=O)oc2cc3c(cc12)CCC3. The van der Waals surface area contributed by atoms with Gasteiger partial charge < -0.3 is 9.15 Å². The van der Waals surface area contributed by atoms with E-state index in [0.29, 0.717) is 18.7 Å². The third-order valence-corrected chi connectivity index (χ3v) is 4.63. The molecule has 0 amide bonds. The molecule has 1 aliphatic carbocycles. The van der Waals surface area contributed by atoms with Crippen LogP contribution >= 0.6 is 0 Å². The number of esters is 1. The van der Waals surface area contributed by atoms with E-state index in [-0.39, 0.29) is 18.1 Å². The van der Waals surface area contributed by atoms with Crippen molar-refractivity contribution in [2.24, 2.45) is 0 Å². The van der Waals surface area contributed by atoms with Crippen molar-refractivity contribution in [1.82, 2.24) is 4.90 Å². The molecule has 2 aromatic rings. The number of benzene rings is 1. The zero-order valence-electron chi connectivity index (χ0n) is 15.0. The van der Waals surface area contributed by atoms with Gasteiger partial charge in [0.05, 0.1) is 13.2 Å². The lowest BCUT2D eigenvalue weighted by atomic mass is 10.0. The summed E-state index contributed by atoms with van der Waals surface area (Å²) in [5.41, 5.74) is 3.85. The van der Waals surface area contributed by atoms with Crippen LogP contribution in [0.1, 0.15) is 43.4 Å². The third kappa shape index (κ3) is 4.10. The fourth-order valence-electron chi connectivity index (χ4n) is 3.59. The minimum atomic E-state index is -0.340. The lowest BCUT2D eigenvalue weighted by Gasteiger charge is -2.21. The predicted molar refractivity (Wildman–Crippen MR) is 96.7 cm³/mol. The summed E-state index contributed by atoms with van der Waals surface area (Å²) in [6, 6.07) is 5.72. The molecule has 1 aliphatic rings. The quantitative estimate of drug-likeness (QED) is 0.571. The average Bonchev–Trinajstić information content (AvgIpc) is 3.00. The molecule has 1 heterocycles. The first-order chi connectivity index (χ1) is 12.1. The van der Waals surface area contributed by atoms with E-state index in [1.165, 1.54) is 11.1 Å². The molecule has 0 atom stereocenters. The highest BCUT2D eigenvalue weighted by Crippen LogP contribution is 2.29. The van der Waals surface area contributed by atoms with Crippen molar-refractivity contribution < 1.29 is 13.9 Å². The number of rotatable bonds is 7. The van der Waals surface area contributed by atoms with Gasteiger partial charge in [-0.2, -0.15) is 0 Å². The van der Waals surface area contributed by atoms with Gasteiger partial charge in [0.15, 0.2) is 0 Å². The maximum atomic E-state index is 12.0. The van der Waals surface area contributed by atoms with E-state index in [1.807, 2.05) is 11.0 Å². The van der Waals surface area contributed by atoms with E-state index < -0.39 is 0 Å². The summed E-state index contributed by atoms with van der Waals surface area (Å²) in [7, 11) is 0. The number of nitrogens with zero attached hydrogens (tertiary/aromatic N) is 1. The lowest BCUT2D eigenvalue weighted by molar-refractivity contribution is -0.144. The van der Waals surface area contributed by atoms with Crippen LogP contribution in [0.25, 0.3) is 11.0 Å². The van der Waals surface area contributed by atoms with Crippen molar-refractivity contribution in [3.63, 3.8) is 0 Å². The van der Waals surface area contributed by atoms with Crippen LogP contribution in [-0.4, -0.2) is 30.6 Å². The Bertz CT molecular complexity index is 824. The van der Waals surface area contributed by atoms with Crippen molar-refractivity contribution in [2.45, 2.75) is 46.1 Å². The average molecular weight is 343 g/mol. The molecule has 5 nitrogen and oxygen atoms in total. The molecule has 0 fully saturated rings. The Morgan fingerprint density at radius 1 is 1.20 bits per heavy atom. The molecular formula is C20H25NO4. The molecule has 0 bridgehead atoms. The maximum absolute atomic E-state index is 12.0. The first-order valence-corrected chi connectivity index (χ1v) is 9.07. The molecule has 134 valence electrons.